The van der Waals surface area contributed by atoms with Crippen molar-refractivity contribution in [2.45, 2.75) is 25.7 Å². The first-order valence-electron chi connectivity index (χ1n) is 9.17. The van der Waals surface area contributed by atoms with E-state index < -0.39 is 21.9 Å². The zero-order valence-corrected chi connectivity index (χ0v) is 16.1. The third-order valence-electron chi connectivity index (χ3n) is 4.36. The average molecular weight is 430 g/mol. The van der Waals surface area contributed by atoms with Crippen molar-refractivity contribution in [2.24, 2.45) is 0 Å². The third-order valence-corrected chi connectivity index (χ3v) is 4.36. The smallest absolute Gasteiger partial charge is 0.378 e. The van der Waals surface area contributed by atoms with Gasteiger partial charge >= 0.3 is 5.97 Å². The highest BCUT2D eigenvalue weighted by molar-refractivity contribution is 5.89. The molecule has 11 nitrogen and oxygen atoms in total. The Morgan fingerprint density at radius 3 is 2.00 bits per heavy atom. The molecule has 1 aliphatic heterocycles. The summed E-state index contributed by atoms with van der Waals surface area (Å²) in [4.78, 5) is 33.0. The summed E-state index contributed by atoms with van der Waals surface area (Å²) in [5.74, 6) is -0.954. The van der Waals surface area contributed by atoms with Crippen molar-refractivity contribution in [3.05, 3.63) is 91.4 Å². The van der Waals surface area contributed by atoms with Crippen LogP contribution in [0.5, 0.6) is 0 Å². The molecule has 0 aliphatic carbocycles. The fourth-order valence-corrected chi connectivity index (χ4v) is 2.92. The van der Waals surface area contributed by atoms with E-state index in [1.54, 1.807) is 12.1 Å². The second-order valence-corrected chi connectivity index (χ2v) is 6.53. The first kappa shape index (κ1) is 21.7. The van der Waals surface area contributed by atoms with Gasteiger partial charge < -0.3 is 19.3 Å². The molecule has 0 amide bonds. The van der Waals surface area contributed by atoms with Gasteiger partial charge in [0.1, 0.15) is 13.2 Å². The monoisotopic (exact) mass is 430 g/mol. The number of ether oxygens (including phenoxy) is 3. The number of carbonyl (C=O) groups is 1. The summed E-state index contributed by atoms with van der Waals surface area (Å²) in [6.45, 7) is -0.527. The average Bonchev–Trinajstić information content (AvgIpc) is 3.05. The van der Waals surface area contributed by atoms with E-state index in [4.69, 9.17) is 14.2 Å². The van der Waals surface area contributed by atoms with Crippen LogP contribution in [0.15, 0.2) is 60.0 Å². The van der Waals surface area contributed by atoms with Gasteiger partial charge in [-0.05, 0) is 11.1 Å². The number of benzene rings is 2. The topological polar surface area (TPSA) is 151 Å². The molecule has 2 aromatic rings. The molecule has 1 unspecified atom stereocenters. The standard InChI is InChI=1S/C20H18N2O9/c23-8-7-17-18(29-11-13-3-1-5-15(9-13)21(25)26)19(20(24)31-17)30-12-14-4-2-6-16(10-14)22(27)28/h1-6,9-10,17,23H,7-8,11-12H2. The Balaban J connectivity index is 1.78. The van der Waals surface area contributed by atoms with Crippen LogP contribution in [0, 0.1) is 20.2 Å². The molecule has 11 heteroatoms. The van der Waals surface area contributed by atoms with Crippen LogP contribution < -0.4 is 0 Å². The van der Waals surface area contributed by atoms with Gasteiger partial charge in [0, 0.05) is 37.3 Å². The summed E-state index contributed by atoms with van der Waals surface area (Å²) in [7, 11) is 0. The van der Waals surface area contributed by atoms with Gasteiger partial charge in [0.15, 0.2) is 11.9 Å². The fraction of sp³-hybridized carbons (Fsp3) is 0.250. The molecule has 1 heterocycles. The van der Waals surface area contributed by atoms with Crippen molar-refractivity contribution < 1.29 is 34.0 Å². The van der Waals surface area contributed by atoms with Crippen LogP contribution in [-0.4, -0.2) is 33.6 Å². The van der Waals surface area contributed by atoms with Crippen LogP contribution in [0.25, 0.3) is 0 Å². The lowest BCUT2D eigenvalue weighted by Crippen LogP contribution is -2.15. The lowest BCUT2D eigenvalue weighted by Gasteiger charge is -2.14. The lowest BCUT2D eigenvalue weighted by atomic mass is 10.2. The van der Waals surface area contributed by atoms with Crippen molar-refractivity contribution in [1.29, 1.82) is 0 Å². The number of nitrogens with zero attached hydrogens (tertiary/aromatic N) is 2. The van der Waals surface area contributed by atoms with Gasteiger partial charge in [-0.25, -0.2) is 4.79 Å². The summed E-state index contributed by atoms with van der Waals surface area (Å²) in [6, 6.07) is 11.5. The molecule has 2 aromatic carbocycles. The van der Waals surface area contributed by atoms with Crippen LogP contribution in [0.3, 0.4) is 0 Å². The number of hydrogen-bond acceptors (Lipinski definition) is 9. The first-order valence-corrected chi connectivity index (χ1v) is 9.17. The van der Waals surface area contributed by atoms with E-state index >= 15 is 0 Å². The number of esters is 1. The second-order valence-electron chi connectivity index (χ2n) is 6.53. The molecular formula is C20H18N2O9. The largest absolute Gasteiger partial charge is 0.485 e. The molecule has 0 bridgehead atoms. The predicted octanol–water partition coefficient (Wildman–Crippen LogP) is 2.76. The van der Waals surface area contributed by atoms with E-state index in [1.807, 2.05) is 0 Å². The molecule has 0 saturated heterocycles. The maximum absolute atomic E-state index is 12.3. The quantitative estimate of drug-likeness (QED) is 0.341. The summed E-state index contributed by atoms with van der Waals surface area (Å²) in [5.41, 5.74) is 0.715. The number of hydrogen-bond donors (Lipinski definition) is 1. The van der Waals surface area contributed by atoms with Gasteiger partial charge in [0.05, 0.1) is 9.85 Å². The molecule has 0 fully saturated rings. The molecule has 0 aromatic heterocycles. The first-order chi connectivity index (χ1) is 14.9. The number of aliphatic hydroxyl groups is 1. The Bertz CT molecular complexity index is 1030. The molecule has 3 rings (SSSR count). The lowest BCUT2D eigenvalue weighted by molar-refractivity contribution is -0.385. The highest BCUT2D eigenvalue weighted by Crippen LogP contribution is 2.29. The van der Waals surface area contributed by atoms with E-state index in [9.17, 15) is 30.1 Å². The Kier molecular flexibility index (Phi) is 6.78. The van der Waals surface area contributed by atoms with Crippen LogP contribution in [0.2, 0.25) is 0 Å². The maximum Gasteiger partial charge on any atom is 0.378 e. The number of carbonyl (C=O) groups excluding carboxylic acids is 1. The number of nitro benzene ring substituents is 2. The SMILES string of the molecule is O=C1OC(CCO)C(OCc2cccc([N+](=O)[O-])c2)=C1OCc1cccc([N+](=O)[O-])c1. The van der Waals surface area contributed by atoms with Gasteiger partial charge in [-0.3, -0.25) is 20.2 Å². The van der Waals surface area contributed by atoms with Crippen molar-refractivity contribution >= 4 is 17.3 Å². The maximum atomic E-state index is 12.3. The number of aliphatic hydroxyl groups excluding tert-OH is 1. The van der Waals surface area contributed by atoms with Crippen molar-refractivity contribution in [3.63, 3.8) is 0 Å². The molecule has 0 saturated carbocycles. The van der Waals surface area contributed by atoms with Crippen LogP contribution in [0.1, 0.15) is 17.5 Å². The van der Waals surface area contributed by atoms with Gasteiger partial charge in [-0.1, -0.05) is 24.3 Å². The summed E-state index contributed by atoms with van der Waals surface area (Å²) in [6.07, 6.45) is -0.809. The van der Waals surface area contributed by atoms with E-state index in [2.05, 4.69) is 0 Å². The van der Waals surface area contributed by atoms with Gasteiger partial charge in [0.2, 0.25) is 5.76 Å². The van der Waals surface area contributed by atoms with Crippen LogP contribution in [0.4, 0.5) is 11.4 Å². The number of rotatable bonds is 10. The Morgan fingerprint density at radius 1 is 0.935 bits per heavy atom. The minimum absolute atomic E-state index is 0.0518. The molecule has 31 heavy (non-hydrogen) atoms. The molecule has 162 valence electrons. The number of nitro groups is 2. The highest BCUT2D eigenvalue weighted by Gasteiger charge is 2.37. The Hall–Kier alpha value is -3.99. The zero-order valence-electron chi connectivity index (χ0n) is 16.1. The van der Waals surface area contributed by atoms with E-state index in [0.29, 0.717) is 11.1 Å². The molecule has 0 radical (unpaired) electrons. The summed E-state index contributed by atoms with van der Waals surface area (Å²) < 4.78 is 16.4. The zero-order chi connectivity index (χ0) is 22.4. The second kappa shape index (κ2) is 9.67. The molecule has 1 N–H and O–H groups in total. The van der Waals surface area contributed by atoms with Crippen molar-refractivity contribution in [2.75, 3.05) is 6.61 Å². The summed E-state index contributed by atoms with van der Waals surface area (Å²) in [5, 5.41) is 31.1. The van der Waals surface area contributed by atoms with E-state index in [0.717, 1.165) is 0 Å². The highest BCUT2D eigenvalue weighted by atomic mass is 16.6. The van der Waals surface area contributed by atoms with Crippen molar-refractivity contribution in [1.82, 2.24) is 0 Å². The molecule has 1 aliphatic rings. The minimum Gasteiger partial charge on any atom is -0.485 e. The number of cyclic esters (lactones) is 1. The van der Waals surface area contributed by atoms with Crippen LogP contribution in [-0.2, 0) is 32.2 Å². The van der Waals surface area contributed by atoms with E-state index in [1.165, 1.54) is 36.4 Å². The number of non-ortho nitro benzene ring substituents is 2. The predicted molar refractivity (Wildman–Crippen MR) is 104 cm³/mol. The fourth-order valence-electron chi connectivity index (χ4n) is 2.92. The van der Waals surface area contributed by atoms with Gasteiger partial charge in [-0.15, -0.1) is 0 Å². The van der Waals surface area contributed by atoms with Crippen LogP contribution >= 0.6 is 0 Å². The normalized spacial score (nSPS) is 15.5. The molecule has 1 atom stereocenters. The van der Waals surface area contributed by atoms with Gasteiger partial charge in [-0.2, -0.15) is 0 Å². The van der Waals surface area contributed by atoms with Gasteiger partial charge in [0.25, 0.3) is 11.4 Å². The Labute approximate surface area is 175 Å². The van der Waals surface area contributed by atoms with Crippen molar-refractivity contribution in [3.8, 4) is 0 Å². The molecular weight excluding hydrogens is 412 g/mol. The van der Waals surface area contributed by atoms with E-state index in [-0.39, 0.29) is 49.1 Å². The minimum atomic E-state index is -0.878. The summed E-state index contributed by atoms with van der Waals surface area (Å²) >= 11 is 0. The Morgan fingerprint density at radius 2 is 1.48 bits per heavy atom. The molecule has 0 spiro atoms. The third kappa shape index (κ3) is 5.34.